The van der Waals surface area contributed by atoms with Gasteiger partial charge < -0.3 is 10.6 Å². The van der Waals surface area contributed by atoms with Crippen LogP contribution in [-0.2, 0) is 0 Å². The first kappa shape index (κ1) is 9.93. The summed E-state index contributed by atoms with van der Waals surface area (Å²) in [5, 5.41) is 0. The van der Waals surface area contributed by atoms with Crippen molar-refractivity contribution in [2.24, 2.45) is 5.73 Å². The second-order valence-corrected chi connectivity index (χ2v) is 5.07. The van der Waals surface area contributed by atoms with E-state index in [4.69, 9.17) is 5.73 Å². The molecule has 2 heterocycles. The van der Waals surface area contributed by atoms with Crippen LogP contribution in [0.5, 0.6) is 0 Å². The smallest absolute Gasteiger partial charge is 0.143 e. The molecule has 0 bridgehead atoms. The molecule has 1 saturated heterocycles. The Morgan fingerprint density at radius 3 is 2.79 bits per heavy atom. The molecule has 1 fully saturated rings. The van der Waals surface area contributed by atoms with Crippen molar-refractivity contribution >= 4 is 21.7 Å². The minimum atomic E-state index is -0.0507. The molecular formula is C10H14BrN3. The fourth-order valence-corrected chi connectivity index (χ4v) is 2.21. The molecule has 2 rings (SSSR count). The number of hydrogen-bond acceptors (Lipinski definition) is 3. The van der Waals surface area contributed by atoms with Gasteiger partial charge in [-0.1, -0.05) is 0 Å². The van der Waals surface area contributed by atoms with E-state index < -0.39 is 0 Å². The third kappa shape index (κ3) is 1.64. The first-order chi connectivity index (χ1) is 6.49. The van der Waals surface area contributed by atoms with E-state index in [2.05, 4.69) is 39.7 Å². The summed E-state index contributed by atoms with van der Waals surface area (Å²) < 4.78 is 1.08. The fraction of sp³-hybridized carbons (Fsp3) is 0.500. The second-order valence-electron chi connectivity index (χ2n) is 4.28. The molecule has 0 aliphatic carbocycles. The van der Waals surface area contributed by atoms with Crippen LogP contribution in [0.4, 0.5) is 5.82 Å². The van der Waals surface area contributed by atoms with Gasteiger partial charge in [-0.25, -0.2) is 4.98 Å². The van der Waals surface area contributed by atoms with E-state index in [0.29, 0.717) is 0 Å². The molecule has 0 saturated carbocycles. The van der Waals surface area contributed by atoms with Crippen molar-refractivity contribution in [2.45, 2.75) is 19.4 Å². The molecular weight excluding hydrogens is 242 g/mol. The lowest BCUT2D eigenvalue weighted by Gasteiger charge is -2.46. The molecule has 1 aromatic rings. The van der Waals surface area contributed by atoms with Gasteiger partial charge in [-0.3, -0.25) is 0 Å². The van der Waals surface area contributed by atoms with Gasteiger partial charge in [0.25, 0.3) is 0 Å². The first-order valence-corrected chi connectivity index (χ1v) is 5.44. The van der Waals surface area contributed by atoms with Crippen molar-refractivity contribution < 1.29 is 0 Å². The first-order valence-electron chi connectivity index (χ1n) is 4.64. The van der Waals surface area contributed by atoms with Gasteiger partial charge in [0.1, 0.15) is 5.82 Å². The van der Waals surface area contributed by atoms with Crippen LogP contribution < -0.4 is 10.6 Å². The maximum Gasteiger partial charge on any atom is 0.143 e. The highest BCUT2D eigenvalue weighted by Gasteiger charge is 2.36. The molecule has 1 aliphatic heterocycles. The summed E-state index contributed by atoms with van der Waals surface area (Å²) in [5.41, 5.74) is 7.11. The molecule has 76 valence electrons. The van der Waals surface area contributed by atoms with Crippen LogP contribution >= 0.6 is 15.9 Å². The normalized spacial score (nSPS) is 19.3. The Bertz CT molecular complexity index is 354. The quantitative estimate of drug-likeness (QED) is 0.831. The van der Waals surface area contributed by atoms with E-state index in [1.165, 1.54) is 5.56 Å². The van der Waals surface area contributed by atoms with Crippen LogP contribution in [0.15, 0.2) is 16.7 Å². The van der Waals surface area contributed by atoms with E-state index >= 15 is 0 Å². The number of pyridine rings is 1. The number of aryl methyl sites for hydroxylation is 1. The summed E-state index contributed by atoms with van der Waals surface area (Å²) in [5.74, 6) is 1.01. The predicted octanol–water partition coefficient (Wildman–Crippen LogP) is 1.69. The minimum Gasteiger partial charge on any atom is -0.352 e. The van der Waals surface area contributed by atoms with Gasteiger partial charge in [0.2, 0.25) is 0 Å². The van der Waals surface area contributed by atoms with Gasteiger partial charge in [-0.2, -0.15) is 0 Å². The Morgan fingerprint density at radius 2 is 2.21 bits per heavy atom. The number of halogens is 1. The highest BCUT2D eigenvalue weighted by atomic mass is 79.9. The van der Waals surface area contributed by atoms with Crippen molar-refractivity contribution in [1.82, 2.24) is 4.98 Å². The Kier molecular flexibility index (Phi) is 2.27. The Balaban J connectivity index is 2.23. The van der Waals surface area contributed by atoms with Gasteiger partial charge in [0.15, 0.2) is 0 Å². The van der Waals surface area contributed by atoms with Gasteiger partial charge >= 0.3 is 0 Å². The van der Waals surface area contributed by atoms with Crippen LogP contribution in [-0.4, -0.2) is 23.6 Å². The van der Waals surface area contributed by atoms with Gasteiger partial charge in [0.05, 0.1) is 4.47 Å². The molecule has 4 heteroatoms. The maximum atomic E-state index is 5.95. The standard InChI is InChI=1S/C10H14BrN3/c1-7-3-4-13-9(8(7)11)14-5-10(2,12)6-14/h3-4H,5-6,12H2,1-2H3. The SMILES string of the molecule is Cc1ccnc(N2CC(C)(N)C2)c1Br. The summed E-state index contributed by atoms with van der Waals surface area (Å²) in [4.78, 5) is 6.54. The Hall–Kier alpha value is -0.610. The van der Waals surface area contributed by atoms with Crippen LogP contribution in [0.3, 0.4) is 0 Å². The summed E-state index contributed by atoms with van der Waals surface area (Å²) in [6.45, 7) is 5.88. The van der Waals surface area contributed by atoms with E-state index in [1.54, 1.807) is 0 Å². The highest BCUT2D eigenvalue weighted by Crippen LogP contribution is 2.31. The second kappa shape index (κ2) is 3.21. The monoisotopic (exact) mass is 255 g/mol. The molecule has 0 amide bonds. The van der Waals surface area contributed by atoms with E-state index in [0.717, 1.165) is 23.4 Å². The summed E-state index contributed by atoms with van der Waals surface area (Å²) in [7, 11) is 0. The number of hydrogen-bond donors (Lipinski definition) is 1. The van der Waals surface area contributed by atoms with Gasteiger partial charge in [-0.05, 0) is 41.4 Å². The number of anilines is 1. The summed E-state index contributed by atoms with van der Waals surface area (Å²) in [6.07, 6.45) is 1.83. The topological polar surface area (TPSA) is 42.2 Å². The van der Waals surface area contributed by atoms with Crippen molar-refractivity contribution in [1.29, 1.82) is 0 Å². The van der Waals surface area contributed by atoms with Gasteiger partial charge in [0, 0.05) is 24.8 Å². The molecule has 1 aliphatic rings. The summed E-state index contributed by atoms with van der Waals surface area (Å²) in [6, 6.07) is 2.00. The highest BCUT2D eigenvalue weighted by molar-refractivity contribution is 9.10. The molecule has 0 radical (unpaired) electrons. The lowest BCUT2D eigenvalue weighted by Crippen LogP contribution is -2.66. The van der Waals surface area contributed by atoms with E-state index in [9.17, 15) is 0 Å². The van der Waals surface area contributed by atoms with Crippen LogP contribution in [0.25, 0.3) is 0 Å². The third-order valence-electron chi connectivity index (χ3n) is 2.47. The van der Waals surface area contributed by atoms with Crippen LogP contribution in [0.1, 0.15) is 12.5 Å². The number of rotatable bonds is 1. The molecule has 14 heavy (non-hydrogen) atoms. The maximum absolute atomic E-state index is 5.95. The molecule has 0 atom stereocenters. The van der Waals surface area contributed by atoms with Crippen molar-refractivity contribution in [3.8, 4) is 0 Å². The average molecular weight is 256 g/mol. The number of nitrogens with two attached hydrogens (primary N) is 1. The third-order valence-corrected chi connectivity index (χ3v) is 3.45. The lowest BCUT2D eigenvalue weighted by atomic mass is 9.94. The van der Waals surface area contributed by atoms with Crippen LogP contribution in [0.2, 0.25) is 0 Å². The number of aromatic nitrogens is 1. The lowest BCUT2D eigenvalue weighted by molar-refractivity contribution is 0.362. The Labute approximate surface area is 92.4 Å². The van der Waals surface area contributed by atoms with Crippen LogP contribution in [0, 0.1) is 6.92 Å². The molecule has 0 unspecified atom stereocenters. The molecule has 0 spiro atoms. The minimum absolute atomic E-state index is 0.0507. The molecule has 0 aromatic carbocycles. The van der Waals surface area contributed by atoms with E-state index in [-0.39, 0.29) is 5.54 Å². The molecule has 1 aromatic heterocycles. The van der Waals surface area contributed by atoms with Gasteiger partial charge in [-0.15, -0.1) is 0 Å². The fourth-order valence-electron chi connectivity index (χ4n) is 1.72. The molecule has 2 N–H and O–H groups in total. The largest absolute Gasteiger partial charge is 0.352 e. The van der Waals surface area contributed by atoms with E-state index in [1.807, 2.05) is 12.3 Å². The van der Waals surface area contributed by atoms with Crippen molar-refractivity contribution in [3.63, 3.8) is 0 Å². The average Bonchev–Trinajstić information content (AvgIpc) is 2.06. The van der Waals surface area contributed by atoms with Crippen molar-refractivity contribution in [3.05, 3.63) is 22.3 Å². The number of nitrogens with zero attached hydrogens (tertiary/aromatic N) is 2. The van der Waals surface area contributed by atoms with Crippen molar-refractivity contribution in [2.75, 3.05) is 18.0 Å². The molecule has 3 nitrogen and oxygen atoms in total. The summed E-state index contributed by atoms with van der Waals surface area (Å²) >= 11 is 3.55. The predicted molar refractivity (Wildman–Crippen MR) is 61.5 cm³/mol. The zero-order valence-corrected chi connectivity index (χ0v) is 10.0. The Morgan fingerprint density at radius 1 is 1.57 bits per heavy atom. The zero-order chi connectivity index (χ0) is 10.3. The zero-order valence-electron chi connectivity index (χ0n) is 8.42.